The molecule has 0 bridgehead atoms. The fourth-order valence-corrected chi connectivity index (χ4v) is 1.54. The molecular weight excluding hydrogens is 198 g/mol. The van der Waals surface area contributed by atoms with Gasteiger partial charge in [0, 0.05) is 0 Å². The van der Waals surface area contributed by atoms with Crippen molar-refractivity contribution < 1.29 is 20.1 Å². The Morgan fingerprint density at radius 3 is 2.67 bits per heavy atom. The van der Waals surface area contributed by atoms with Crippen LogP contribution in [0.1, 0.15) is 5.69 Å². The summed E-state index contributed by atoms with van der Waals surface area (Å²) in [6, 6.07) is 4.69. The first kappa shape index (κ1) is 9.39. The van der Waals surface area contributed by atoms with Gasteiger partial charge in [0.25, 0.3) is 0 Å². The SMILES string of the molecule is O=C(O)Cc1[nH]c2cccc(O)c2c1O. The van der Waals surface area contributed by atoms with Crippen molar-refractivity contribution in [1.29, 1.82) is 0 Å². The van der Waals surface area contributed by atoms with Gasteiger partial charge in [0.2, 0.25) is 0 Å². The summed E-state index contributed by atoms with van der Waals surface area (Å²) in [6.45, 7) is 0. The number of carboxylic acid groups (broad SMARTS) is 1. The van der Waals surface area contributed by atoms with Crippen LogP contribution in [0.25, 0.3) is 10.9 Å². The highest BCUT2D eigenvalue weighted by atomic mass is 16.4. The highest BCUT2D eigenvalue weighted by molar-refractivity contribution is 5.93. The van der Waals surface area contributed by atoms with Crippen molar-refractivity contribution in [2.75, 3.05) is 0 Å². The first-order valence-electron chi connectivity index (χ1n) is 4.33. The molecule has 0 aliphatic carbocycles. The van der Waals surface area contributed by atoms with Gasteiger partial charge in [-0.15, -0.1) is 0 Å². The summed E-state index contributed by atoms with van der Waals surface area (Å²) in [5.74, 6) is -1.32. The van der Waals surface area contributed by atoms with Crippen LogP contribution < -0.4 is 0 Å². The van der Waals surface area contributed by atoms with Crippen LogP contribution in [-0.4, -0.2) is 26.3 Å². The molecular formula is C10H9NO4. The van der Waals surface area contributed by atoms with E-state index in [1.165, 1.54) is 6.07 Å². The number of aromatic hydroxyl groups is 2. The van der Waals surface area contributed by atoms with Gasteiger partial charge in [-0.2, -0.15) is 0 Å². The summed E-state index contributed by atoms with van der Waals surface area (Å²) in [5.41, 5.74) is 0.711. The lowest BCUT2D eigenvalue weighted by Gasteiger charge is -1.95. The first-order valence-corrected chi connectivity index (χ1v) is 4.33. The second-order valence-electron chi connectivity index (χ2n) is 3.22. The van der Waals surface area contributed by atoms with Crippen molar-refractivity contribution in [2.24, 2.45) is 0 Å². The van der Waals surface area contributed by atoms with Gasteiger partial charge in [-0.25, -0.2) is 0 Å². The fraction of sp³-hybridized carbons (Fsp3) is 0.100. The van der Waals surface area contributed by atoms with Crippen LogP contribution >= 0.6 is 0 Å². The number of carbonyl (C=O) groups is 1. The second-order valence-corrected chi connectivity index (χ2v) is 3.22. The first-order chi connectivity index (χ1) is 7.09. The molecule has 0 atom stereocenters. The number of rotatable bonds is 2. The molecule has 0 fully saturated rings. The Bertz CT molecular complexity index is 529. The number of benzene rings is 1. The van der Waals surface area contributed by atoms with E-state index >= 15 is 0 Å². The molecule has 78 valence electrons. The zero-order chi connectivity index (χ0) is 11.0. The third-order valence-electron chi connectivity index (χ3n) is 2.18. The molecule has 0 saturated heterocycles. The minimum atomic E-state index is -1.05. The molecule has 2 aromatic rings. The monoisotopic (exact) mass is 207 g/mol. The highest BCUT2D eigenvalue weighted by Crippen LogP contribution is 2.35. The van der Waals surface area contributed by atoms with Crippen LogP contribution in [0.15, 0.2) is 18.2 Å². The Balaban J connectivity index is 2.64. The normalized spacial score (nSPS) is 10.7. The number of phenolic OH excluding ortho intramolecular Hbond substituents is 1. The number of aromatic nitrogens is 1. The topological polar surface area (TPSA) is 93.5 Å². The molecule has 0 spiro atoms. The number of aromatic amines is 1. The second kappa shape index (κ2) is 3.20. The Kier molecular flexibility index (Phi) is 2.00. The van der Waals surface area contributed by atoms with Crippen molar-refractivity contribution in [3.05, 3.63) is 23.9 Å². The molecule has 0 aliphatic heterocycles. The van der Waals surface area contributed by atoms with Crippen LogP contribution in [-0.2, 0) is 11.2 Å². The molecule has 1 aromatic heterocycles. The molecule has 0 aliphatic rings. The standard InChI is InChI=1S/C10H9NO4/c12-7-3-1-2-5-9(7)10(15)6(11-5)4-8(13)14/h1-3,11-12,15H,4H2,(H,13,14). The van der Waals surface area contributed by atoms with Crippen LogP contribution in [0.3, 0.4) is 0 Å². The van der Waals surface area contributed by atoms with E-state index in [9.17, 15) is 15.0 Å². The van der Waals surface area contributed by atoms with Gasteiger partial charge in [0.05, 0.1) is 23.0 Å². The van der Waals surface area contributed by atoms with Gasteiger partial charge in [0.15, 0.2) is 0 Å². The summed E-state index contributed by atoms with van der Waals surface area (Å²) < 4.78 is 0. The van der Waals surface area contributed by atoms with Crippen LogP contribution in [0, 0.1) is 0 Å². The molecule has 0 amide bonds. The van der Waals surface area contributed by atoms with E-state index in [1.54, 1.807) is 12.1 Å². The van der Waals surface area contributed by atoms with E-state index in [1.807, 2.05) is 0 Å². The maximum atomic E-state index is 10.5. The molecule has 5 nitrogen and oxygen atoms in total. The Morgan fingerprint density at radius 2 is 2.07 bits per heavy atom. The largest absolute Gasteiger partial charge is 0.507 e. The molecule has 4 N–H and O–H groups in total. The lowest BCUT2D eigenvalue weighted by Crippen LogP contribution is -2.00. The summed E-state index contributed by atoms with van der Waals surface area (Å²) in [7, 11) is 0. The Hall–Kier alpha value is -2.17. The predicted octanol–water partition coefficient (Wildman–Crippen LogP) is 1.21. The summed E-state index contributed by atoms with van der Waals surface area (Å²) >= 11 is 0. The third kappa shape index (κ3) is 1.48. The van der Waals surface area contributed by atoms with Crippen molar-refractivity contribution in [3.63, 3.8) is 0 Å². The number of hydrogen-bond donors (Lipinski definition) is 4. The maximum absolute atomic E-state index is 10.5. The van der Waals surface area contributed by atoms with E-state index < -0.39 is 5.97 Å². The van der Waals surface area contributed by atoms with Gasteiger partial charge >= 0.3 is 5.97 Å². The fourth-order valence-electron chi connectivity index (χ4n) is 1.54. The van der Waals surface area contributed by atoms with E-state index in [4.69, 9.17) is 5.11 Å². The molecule has 5 heteroatoms. The van der Waals surface area contributed by atoms with Crippen LogP contribution in [0.4, 0.5) is 0 Å². The summed E-state index contributed by atoms with van der Waals surface area (Å²) in [5, 5.41) is 28.0. The van der Waals surface area contributed by atoms with Crippen LogP contribution in [0.5, 0.6) is 11.5 Å². The van der Waals surface area contributed by atoms with Crippen molar-refractivity contribution in [1.82, 2.24) is 4.98 Å². The maximum Gasteiger partial charge on any atom is 0.309 e. The molecule has 2 rings (SSSR count). The van der Waals surface area contributed by atoms with Gasteiger partial charge in [-0.1, -0.05) is 6.07 Å². The number of nitrogens with one attached hydrogen (secondary N) is 1. The smallest absolute Gasteiger partial charge is 0.309 e. The Labute approximate surface area is 84.6 Å². The van der Waals surface area contributed by atoms with Crippen molar-refractivity contribution >= 4 is 16.9 Å². The van der Waals surface area contributed by atoms with E-state index in [-0.39, 0.29) is 29.0 Å². The minimum Gasteiger partial charge on any atom is -0.507 e. The number of fused-ring (bicyclic) bond motifs is 1. The minimum absolute atomic E-state index is 0.0714. The van der Waals surface area contributed by atoms with E-state index in [0.717, 1.165) is 0 Å². The molecule has 1 aromatic carbocycles. The zero-order valence-corrected chi connectivity index (χ0v) is 7.69. The van der Waals surface area contributed by atoms with E-state index in [2.05, 4.69) is 4.98 Å². The molecule has 0 unspecified atom stereocenters. The summed E-state index contributed by atoms with van der Waals surface area (Å²) in [4.78, 5) is 13.2. The number of aliphatic carboxylic acids is 1. The van der Waals surface area contributed by atoms with Gasteiger partial charge in [-0.3, -0.25) is 4.79 Å². The lowest BCUT2D eigenvalue weighted by molar-refractivity contribution is -0.136. The molecule has 0 radical (unpaired) electrons. The van der Waals surface area contributed by atoms with Crippen molar-refractivity contribution in [2.45, 2.75) is 6.42 Å². The number of hydrogen-bond acceptors (Lipinski definition) is 3. The average molecular weight is 207 g/mol. The van der Waals surface area contributed by atoms with Gasteiger partial charge in [0.1, 0.15) is 11.5 Å². The average Bonchev–Trinajstić information content (AvgIpc) is 2.44. The Morgan fingerprint density at radius 1 is 1.33 bits per heavy atom. The van der Waals surface area contributed by atoms with Gasteiger partial charge in [-0.05, 0) is 12.1 Å². The number of H-pyrrole nitrogens is 1. The lowest BCUT2D eigenvalue weighted by atomic mass is 10.2. The van der Waals surface area contributed by atoms with Crippen molar-refractivity contribution in [3.8, 4) is 11.5 Å². The summed E-state index contributed by atoms with van der Waals surface area (Å²) in [6.07, 6.45) is -0.306. The van der Waals surface area contributed by atoms with Crippen LogP contribution in [0.2, 0.25) is 0 Å². The molecule has 0 saturated carbocycles. The quantitative estimate of drug-likeness (QED) is 0.595. The highest BCUT2D eigenvalue weighted by Gasteiger charge is 2.15. The van der Waals surface area contributed by atoms with Gasteiger partial charge < -0.3 is 20.3 Å². The zero-order valence-electron chi connectivity index (χ0n) is 7.69. The molecule has 15 heavy (non-hydrogen) atoms. The molecule has 1 heterocycles. The third-order valence-corrected chi connectivity index (χ3v) is 2.18. The predicted molar refractivity (Wildman–Crippen MR) is 53.0 cm³/mol. The number of carboxylic acids is 1. The van der Waals surface area contributed by atoms with E-state index in [0.29, 0.717) is 5.52 Å². The number of phenols is 1.